The second-order valence-corrected chi connectivity index (χ2v) is 6.37. The second-order valence-electron chi connectivity index (χ2n) is 3.37. The SMILES string of the molecule is C[PH+](C)C.O=C([CH-]C(=O)C(F)(F)F)C(F)(F)F.[Ag+]. The molecule has 0 unspecified atom stereocenters. The van der Waals surface area contributed by atoms with Gasteiger partial charge in [-0.05, 0) is 7.92 Å². The van der Waals surface area contributed by atoms with Crippen LogP contribution in [0.1, 0.15) is 0 Å². The van der Waals surface area contributed by atoms with Crippen LogP contribution in [0.25, 0.3) is 0 Å². The van der Waals surface area contributed by atoms with Crippen LogP contribution in [0.15, 0.2) is 0 Å². The van der Waals surface area contributed by atoms with Crippen molar-refractivity contribution in [1.29, 1.82) is 0 Å². The van der Waals surface area contributed by atoms with Gasteiger partial charge in [0, 0.05) is 20.0 Å². The molecule has 0 heterocycles. The van der Waals surface area contributed by atoms with Crippen LogP contribution in [0.4, 0.5) is 26.3 Å². The van der Waals surface area contributed by atoms with E-state index in [1.807, 2.05) is 0 Å². The fourth-order valence-corrected chi connectivity index (χ4v) is 0.283. The van der Waals surface area contributed by atoms with Crippen LogP contribution in [0.2, 0.25) is 0 Å². The molecule has 0 aromatic rings. The molecule has 0 saturated carbocycles. The maximum absolute atomic E-state index is 11.3. The second kappa shape index (κ2) is 8.96. The third-order valence-corrected chi connectivity index (χ3v) is 0.821. The molecule has 0 aliphatic rings. The molecule has 0 N–H and O–H groups in total. The van der Waals surface area contributed by atoms with Gasteiger partial charge in [-0.1, -0.05) is 0 Å². The Hall–Kier alpha value is -0.0397. The first-order valence-corrected chi connectivity index (χ1v) is 7.12. The summed E-state index contributed by atoms with van der Waals surface area (Å²) < 4.78 is 67.8. The third kappa shape index (κ3) is 14.0. The summed E-state index contributed by atoms with van der Waals surface area (Å²) in [6, 6.07) is 0. The molecule has 0 rings (SSSR count). The number of carbonyl (C=O) groups excluding carboxylic acids is 2. The molecule has 0 amide bonds. The minimum absolute atomic E-state index is 0. The molecule has 0 aliphatic carbocycles. The standard InChI is InChI=1S/C5HF6O2.C3H9P.Ag/c6-4(7,8)2(12)1-3(13)5(9,10)11;1-4(2)3;/h1H;1-3H3;/q-1;;+1/p+1. The molecular weight excluding hydrogens is 381 g/mol. The average Bonchev–Trinajstić information content (AvgIpc) is 1.98. The number of Topliss-reactive ketones (excluding diaryl/α,β-unsaturated/α-hetero) is 2. The van der Waals surface area contributed by atoms with Gasteiger partial charge in [0.05, 0.1) is 0 Å². The van der Waals surface area contributed by atoms with Crippen LogP contribution in [0.3, 0.4) is 0 Å². The van der Waals surface area contributed by atoms with Gasteiger partial charge in [0.2, 0.25) is 0 Å². The van der Waals surface area contributed by atoms with E-state index in [1.165, 1.54) is 0 Å². The maximum Gasteiger partial charge on any atom is 1.00 e. The summed E-state index contributed by atoms with van der Waals surface area (Å²) in [5.41, 5.74) is 0. The summed E-state index contributed by atoms with van der Waals surface area (Å²) in [6.07, 6.45) is -11.9. The molecule has 112 valence electrons. The Morgan fingerprint density at radius 2 is 1.00 bits per heavy atom. The molecule has 0 aliphatic heterocycles. The molecule has 10 heteroatoms. The van der Waals surface area contributed by atoms with Crippen LogP contribution in [-0.4, -0.2) is 43.9 Å². The first-order valence-electron chi connectivity index (χ1n) is 4.12. The van der Waals surface area contributed by atoms with Gasteiger partial charge in [0.25, 0.3) is 0 Å². The van der Waals surface area contributed by atoms with Crippen molar-refractivity contribution in [1.82, 2.24) is 0 Å². The van der Waals surface area contributed by atoms with Crippen molar-refractivity contribution in [3.63, 3.8) is 0 Å². The maximum atomic E-state index is 11.3. The molecule has 0 spiro atoms. The van der Waals surface area contributed by atoms with Crippen LogP contribution in [0, 0.1) is 6.42 Å². The molecule has 18 heavy (non-hydrogen) atoms. The largest absolute Gasteiger partial charge is 1.00 e. The predicted octanol–water partition coefficient (Wildman–Crippen LogP) is 2.54. The van der Waals surface area contributed by atoms with Crippen molar-refractivity contribution in [2.75, 3.05) is 20.0 Å². The monoisotopic (exact) mass is 391 g/mol. The Morgan fingerprint density at radius 3 is 1.11 bits per heavy atom. The van der Waals surface area contributed by atoms with Crippen molar-refractivity contribution in [2.24, 2.45) is 0 Å². The topological polar surface area (TPSA) is 34.1 Å². The Kier molecular flexibility index (Phi) is 11.5. The average molecular weight is 392 g/mol. The fourth-order valence-electron chi connectivity index (χ4n) is 0.283. The van der Waals surface area contributed by atoms with E-state index in [9.17, 15) is 35.9 Å². The number of halogens is 6. The first kappa shape index (κ1) is 23.1. The van der Waals surface area contributed by atoms with E-state index in [4.69, 9.17) is 0 Å². The van der Waals surface area contributed by atoms with E-state index in [1.54, 1.807) is 0 Å². The zero-order valence-corrected chi connectivity index (χ0v) is 11.9. The number of ketones is 2. The molecular formula is C8H11AgF6O2P+. The van der Waals surface area contributed by atoms with Gasteiger partial charge in [-0.25, -0.2) is 6.42 Å². The molecule has 0 aromatic heterocycles. The number of hydrogen-bond donors (Lipinski definition) is 0. The summed E-state index contributed by atoms with van der Waals surface area (Å²) >= 11 is 0. The van der Waals surface area contributed by atoms with E-state index in [-0.39, 0.29) is 30.3 Å². The zero-order chi connectivity index (χ0) is 14.4. The summed E-state index contributed by atoms with van der Waals surface area (Å²) in [5.74, 6) is -5.65. The van der Waals surface area contributed by atoms with Gasteiger partial charge in [-0.3, -0.25) is 0 Å². The van der Waals surface area contributed by atoms with Gasteiger partial charge in [0.1, 0.15) is 11.6 Å². The Balaban J connectivity index is -0.000000392. The van der Waals surface area contributed by atoms with Crippen LogP contribution >= 0.6 is 7.92 Å². The number of carbonyl (C=O) groups is 2. The van der Waals surface area contributed by atoms with Gasteiger partial charge in [-0.2, -0.15) is 26.3 Å². The molecule has 0 radical (unpaired) electrons. The van der Waals surface area contributed by atoms with E-state index in [0.29, 0.717) is 0 Å². The third-order valence-electron chi connectivity index (χ3n) is 0.821. The predicted molar refractivity (Wildman–Crippen MR) is 52.5 cm³/mol. The summed E-state index contributed by atoms with van der Waals surface area (Å²) in [7, 11) is 0.120. The van der Waals surface area contributed by atoms with Crippen molar-refractivity contribution >= 4 is 19.5 Å². The van der Waals surface area contributed by atoms with E-state index in [0.717, 1.165) is 0 Å². The summed E-state index contributed by atoms with van der Waals surface area (Å²) in [6.45, 7) is 6.81. The molecule has 0 bridgehead atoms. The van der Waals surface area contributed by atoms with Gasteiger partial charge >= 0.3 is 34.7 Å². The van der Waals surface area contributed by atoms with Gasteiger partial charge in [0.15, 0.2) is 0 Å². The summed E-state index contributed by atoms with van der Waals surface area (Å²) in [5, 5.41) is 0. The smallest absolute Gasteiger partial charge is 0.324 e. The van der Waals surface area contributed by atoms with E-state index in [2.05, 4.69) is 20.0 Å². The molecule has 0 fully saturated rings. The molecule has 0 saturated heterocycles. The Morgan fingerprint density at radius 1 is 0.833 bits per heavy atom. The first-order chi connectivity index (χ1) is 7.28. The van der Waals surface area contributed by atoms with Gasteiger partial charge < -0.3 is 9.59 Å². The molecule has 2 nitrogen and oxygen atoms in total. The van der Waals surface area contributed by atoms with Crippen molar-refractivity contribution in [2.45, 2.75) is 12.4 Å². The van der Waals surface area contributed by atoms with Crippen molar-refractivity contribution in [3.8, 4) is 0 Å². The minimum atomic E-state index is -5.46. The Labute approximate surface area is 117 Å². The van der Waals surface area contributed by atoms with E-state index >= 15 is 0 Å². The van der Waals surface area contributed by atoms with Crippen LogP contribution in [0.5, 0.6) is 0 Å². The fraction of sp³-hybridized carbons (Fsp3) is 0.625. The number of rotatable bonds is 2. The number of alkyl halides is 6. The van der Waals surface area contributed by atoms with Crippen molar-refractivity contribution < 1.29 is 58.3 Å². The normalized spacial score (nSPS) is 11.0. The summed E-state index contributed by atoms with van der Waals surface area (Å²) in [4.78, 5) is 19.6. The molecule has 0 aromatic carbocycles. The van der Waals surface area contributed by atoms with Crippen LogP contribution in [-0.2, 0) is 32.0 Å². The van der Waals surface area contributed by atoms with Gasteiger partial charge in [-0.15, -0.1) is 0 Å². The molecule has 0 atom stereocenters. The minimum Gasteiger partial charge on any atom is -0.324 e. The number of hydrogen-bond acceptors (Lipinski definition) is 2. The van der Waals surface area contributed by atoms with Crippen LogP contribution < -0.4 is 0 Å². The van der Waals surface area contributed by atoms with Crippen molar-refractivity contribution in [3.05, 3.63) is 6.42 Å². The quantitative estimate of drug-likeness (QED) is 0.238. The Bertz CT molecular complexity index is 247. The van der Waals surface area contributed by atoms with E-state index < -0.39 is 30.3 Å². The zero-order valence-electron chi connectivity index (χ0n) is 9.46.